The van der Waals surface area contributed by atoms with E-state index in [9.17, 15) is 14.4 Å². The number of nitrogens with one attached hydrogen (secondary N) is 1. The molecule has 202 valence electrons. The molecule has 1 heterocycles. The van der Waals surface area contributed by atoms with Gasteiger partial charge in [-0.3, -0.25) is 14.9 Å². The summed E-state index contributed by atoms with van der Waals surface area (Å²) in [6, 6.07) is 23.4. The number of amides is 4. The first-order valence-corrected chi connectivity index (χ1v) is 13.7. The van der Waals surface area contributed by atoms with E-state index in [-0.39, 0.29) is 5.57 Å². The SMILES string of the molecule is CCCOc1ccc(N2C(=O)NC(=O)/C(=C/c3ccc(OCc4c(C)ccc5ccccc45)c(Br)c3)C2=O)cc1. The Kier molecular flexibility index (Phi) is 7.98. The molecule has 1 saturated heterocycles. The van der Waals surface area contributed by atoms with Gasteiger partial charge < -0.3 is 9.47 Å². The molecule has 1 fully saturated rings. The number of nitrogens with zero attached hydrogens (tertiary/aromatic N) is 1. The summed E-state index contributed by atoms with van der Waals surface area (Å²) in [6.07, 6.45) is 2.32. The van der Waals surface area contributed by atoms with Crippen LogP contribution in [-0.4, -0.2) is 24.5 Å². The first-order chi connectivity index (χ1) is 19.4. The zero-order chi connectivity index (χ0) is 28.2. The van der Waals surface area contributed by atoms with E-state index >= 15 is 0 Å². The van der Waals surface area contributed by atoms with Gasteiger partial charge in [0, 0.05) is 5.56 Å². The fraction of sp³-hybridized carbons (Fsp3) is 0.156. The van der Waals surface area contributed by atoms with E-state index in [0.29, 0.717) is 40.4 Å². The van der Waals surface area contributed by atoms with E-state index in [1.165, 1.54) is 6.08 Å². The maximum atomic E-state index is 13.3. The number of hydrogen-bond acceptors (Lipinski definition) is 5. The first kappa shape index (κ1) is 27.1. The van der Waals surface area contributed by atoms with E-state index in [4.69, 9.17) is 9.47 Å². The third-order valence-corrected chi connectivity index (χ3v) is 7.20. The molecule has 5 rings (SSSR count). The third kappa shape index (κ3) is 5.62. The van der Waals surface area contributed by atoms with Gasteiger partial charge in [-0.25, -0.2) is 9.69 Å². The molecule has 4 aromatic carbocycles. The minimum atomic E-state index is -0.803. The van der Waals surface area contributed by atoms with E-state index in [2.05, 4.69) is 52.4 Å². The number of ether oxygens (including phenoxy) is 2. The van der Waals surface area contributed by atoms with Crippen LogP contribution in [0.15, 0.2) is 88.9 Å². The number of barbiturate groups is 1. The van der Waals surface area contributed by atoms with Crippen molar-refractivity contribution in [2.45, 2.75) is 26.9 Å². The van der Waals surface area contributed by atoms with Crippen LogP contribution in [0.1, 0.15) is 30.0 Å². The van der Waals surface area contributed by atoms with E-state index in [1.807, 2.05) is 19.1 Å². The van der Waals surface area contributed by atoms with Gasteiger partial charge in [-0.15, -0.1) is 0 Å². The van der Waals surface area contributed by atoms with Gasteiger partial charge >= 0.3 is 6.03 Å². The fourth-order valence-corrected chi connectivity index (χ4v) is 4.99. The summed E-state index contributed by atoms with van der Waals surface area (Å²) in [7, 11) is 0. The zero-order valence-electron chi connectivity index (χ0n) is 22.1. The standard InChI is InChI=1S/C32H27BrN2O5/c1-3-16-39-24-13-11-23(12-14-24)35-31(37)26(30(36)34-32(35)38)17-21-9-15-29(28(33)18-21)40-19-27-20(2)8-10-22-6-4-5-7-25(22)27/h4-15,17-18H,3,16,19H2,1-2H3,(H,34,36,38)/b26-17-. The lowest BCUT2D eigenvalue weighted by molar-refractivity contribution is -0.122. The molecular weight excluding hydrogens is 572 g/mol. The molecule has 0 unspecified atom stereocenters. The number of hydrogen-bond donors (Lipinski definition) is 1. The number of halogens is 1. The van der Waals surface area contributed by atoms with Crippen LogP contribution in [-0.2, 0) is 16.2 Å². The van der Waals surface area contributed by atoms with Gasteiger partial charge in [-0.1, -0.05) is 49.4 Å². The topological polar surface area (TPSA) is 84.9 Å². The Morgan fingerprint density at radius 2 is 1.70 bits per heavy atom. The normalized spacial score (nSPS) is 14.5. The molecule has 0 spiro atoms. The van der Waals surface area contributed by atoms with Crippen LogP contribution >= 0.6 is 15.9 Å². The number of benzene rings is 4. The quantitative estimate of drug-likeness (QED) is 0.175. The minimum Gasteiger partial charge on any atom is -0.494 e. The molecule has 40 heavy (non-hydrogen) atoms. The molecule has 1 aliphatic rings. The molecule has 8 heteroatoms. The second-order valence-electron chi connectivity index (χ2n) is 9.36. The van der Waals surface area contributed by atoms with Crippen molar-refractivity contribution >= 4 is 56.3 Å². The maximum Gasteiger partial charge on any atom is 0.335 e. The maximum absolute atomic E-state index is 13.3. The van der Waals surface area contributed by atoms with Crippen molar-refractivity contribution in [1.82, 2.24) is 5.32 Å². The molecule has 0 saturated carbocycles. The molecule has 4 amide bonds. The predicted octanol–water partition coefficient (Wildman–Crippen LogP) is 6.94. The first-order valence-electron chi connectivity index (χ1n) is 12.9. The number of rotatable bonds is 8. The van der Waals surface area contributed by atoms with Crippen LogP contribution in [0, 0.1) is 6.92 Å². The van der Waals surface area contributed by atoms with Crippen LogP contribution in [0.25, 0.3) is 16.8 Å². The highest BCUT2D eigenvalue weighted by Crippen LogP contribution is 2.31. The Morgan fingerprint density at radius 1 is 0.925 bits per heavy atom. The zero-order valence-corrected chi connectivity index (χ0v) is 23.7. The Labute approximate surface area is 240 Å². The van der Waals surface area contributed by atoms with Gasteiger partial charge in [0.15, 0.2) is 0 Å². The van der Waals surface area contributed by atoms with Crippen molar-refractivity contribution in [3.05, 3.63) is 106 Å². The van der Waals surface area contributed by atoms with E-state index in [1.54, 1.807) is 42.5 Å². The van der Waals surface area contributed by atoms with Gasteiger partial charge in [0.25, 0.3) is 11.8 Å². The van der Waals surface area contributed by atoms with Crippen LogP contribution in [0.4, 0.5) is 10.5 Å². The van der Waals surface area contributed by atoms with Crippen molar-refractivity contribution in [2.75, 3.05) is 11.5 Å². The summed E-state index contributed by atoms with van der Waals surface area (Å²) in [4.78, 5) is 39.4. The number of carbonyl (C=O) groups is 3. The van der Waals surface area contributed by atoms with Crippen LogP contribution < -0.4 is 19.7 Å². The molecule has 1 N–H and O–H groups in total. The Balaban J connectivity index is 1.35. The number of fused-ring (bicyclic) bond motifs is 1. The lowest BCUT2D eigenvalue weighted by atomic mass is 10.0. The van der Waals surface area contributed by atoms with Gasteiger partial charge in [0.05, 0.1) is 16.8 Å². The Hall–Kier alpha value is -4.43. The Bertz CT molecular complexity index is 1650. The molecule has 7 nitrogen and oxygen atoms in total. The van der Waals surface area contributed by atoms with Gasteiger partial charge in [-0.05, 0) is 93.6 Å². The molecule has 0 radical (unpaired) electrons. The summed E-state index contributed by atoms with van der Waals surface area (Å²) >= 11 is 3.55. The molecule has 0 bridgehead atoms. The second kappa shape index (κ2) is 11.8. The molecule has 0 aliphatic carbocycles. The summed E-state index contributed by atoms with van der Waals surface area (Å²) in [5.41, 5.74) is 3.02. The molecule has 1 aliphatic heterocycles. The van der Waals surface area contributed by atoms with Crippen molar-refractivity contribution in [2.24, 2.45) is 0 Å². The van der Waals surface area contributed by atoms with Crippen molar-refractivity contribution in [3.63, 3.8) is 0 Å². The minimum absolute atomic E-state index is 0.155. The summed E-state index contributed by atoms with van der Waals surface area (Å²) in [5.74, 6) is -0.211. The lowest BCUT2D eigenvalue weighted by Gasteiger charge is -2.26. The van der Waals surface area contributed by atoms with E-state index in [0.717, 1.165) is 33.2 Å². The molecule has 4 aromatic rings. The molecule has 0 aromatic heterocycles. The number of aryl methyl sites for hydroxylation is 1. The summed E-state index contributed by atoms with van der Waals surface area (Å²) < 4.78 is 12.4. The van der Waals surface area contributed by atoms with Crippen molar-refractivity contribution < 1.29 is 23.9 Å². The fourth-order valence-electron chi connectivity index (χ4n) is 4.48. The number of imide groups is 2. The van der Waals surface area contributed by atoms with Gasteiger partial charge in [0.1, 0.15) is 23.7 Å². The highest BCUT2D eigenvalue weighted by atomic mass is 79.9. The smallest absolute Gasteiger partial charge is 0.335 e. The lowest BCUT2D eigenvalue weighted by Crippen LogP contribution is -2.54. The van der Waals surface area contributed by atoms with Crippen molar-refractivity contribution in [3.8, 4) is 11.5 Å². The van der Waals surface area contributed by atoms with Crippen LogP contribution in [0.3, 0.4) is 0 Å². The second-order valence-corrected chi connectivity index (χ2v) is 10.2. The molecular formula is C32H27BrN2O5. The molecule has 0 atom stereocenters. The van der Waals surface area contributed by atoms with Gasteiger partial charge in [0.2, 0.25) is 0 Å². The summed E-state index contributed by atoms with van der Waals surface area (Å²) in [5, 5.41) is 4.55. The van der Waals surface area contributed by atoms with E-state index < -0.39 is 17.8 Å². The highest BCUT2D eigenvalue weighted by molar-refractivity contribution is 9.10. The largest absolute Gasteiger partial charge is 0.494 e. The third-order valence-electron chi connectivity index (χ3n) is 6.58. The van der Waals surface area contributed by atoms with Crippen molar-refractivity contribution in [1.29, 1.82) is 0 Å². The average molecular weight is 599 g/mol. The summed E-state index contributed by atoms with van der Waals surface area (Å²) in [6.45, 7) is 5.01. The monoisotopic (exact) mass is 598 g/mol. The number of anilines is 1. The van der Waals surface area contributed by atoms with Crippen LogP contribution in [0.2, 0.25) is 0 Å². The average Bonchev–Trinajstić information content (AvgIpc) is 2.95. The number of carbonyl (C=O) groups excluding carboxylic acids is 3. The highest BCUT2D eigenvalue weighted by Gasteiger charge is 2.36. The van der Waals surface area contributed by atoms with Crippen LogP contribution in [0.5, 0.6) is 11.5 Å². The van der Waals surface area contributed by atoms with Gasteiger partial charge in [-0.2, -0.15) is 0 Å². The predicted molar refractivity (Wildman–Crippen MR) is 158 cm³/mol. The Morgan fingerprint density at radius 3 is 2.45 bits per heavy atom. The number of urea groups is 1.